The average Bonchev–Trinajstić information content (AvgIpc) is 3.54. The zero-order valence-corrected chi connectivity index (χ0v) is 19.2. The highest BCUT2D eigenvalue weighted by Gasteiger charge is 2.49. The third-order valence-corrected chi connectivity index (χ3v) is 6.82. The topological polar surface area (TPSA) is 169 Å². The van der Waals surface area contributed by atoms with Crippen molar-refractivity contribution in [1.29, 1.82) is 0 Å². The van der Waals surface area contributed by atoms with Crippen LogP contribution in [0.1, 0.15) is 27.1 Å². The minimum atomic E-state index is -0.537. The van der Waals surface area contributed by atoms with Crippen molar-refractivity contribution in [1.82, 2.24) is 10.9 Å². The molecule has 4 atom stereocenters. The summed E-state index contributed by atoms with van der Waals surface area (Å²) in [6.07, 6.45) is 8.67. The molecule has 2 bridgehead atoms. The molecular formula is C25H20N6O6. The molecule has 2 amide bonds. The summed E-state index contributed by atoms with van der Waals surface area (Å²) in [7, 11) is 0. The summed E-state index contributed by atoms with van der Waals surface area (Å²) in [5, 5.41) is 30.3. The molecule has 0 saturated heterocycles. The fourth-order valence-corrected chi connectivity index (χ4v) is 5.07. The predicted molar refractivity (Wildman–Crippen MR) is 133 cm³/mol. The van der Waals surface area contributed by atoms with Gasteiger partial charge in [0.2, 0.25) is 0 Å². The van der Waals surface area contributed by atoms with Gasteiger partial charge in [0.05, 0.1) is 21.3 Å². The molecule has 0 aromatic heterocycles. The van der Waals surface area contributed by atoms with Crippen molar-refractivity contribution in [3.63, 3.8) is 0 Å². The van der Waals surface area contributed by atoms with E-state index in [2.05, 4.69) is 33.2 Å². The van der Waals surface area contributed by atoms with Gasteiger partial charge in [-0.3, -0.25) is 29.8 Å². The maximum absolute atomic E-state index is 12.5. The monoisotopic (exact) mass is 500 g/mol. The number of carbonyl (C=O) groups excluding carboxylic acids is 2. The number of nitrogens with one attached hydrogen (secondary N) is 2. The Hall–Kier alpha value is -5.00. The maximum atomic E-state index is 12.5. The molecule has 37 heavy (non-hydrogen) atoms. The molecule has 2 aromatic carbocycles. The second kappa shape index (κ2) is 9.57. The summed E-state index contributed by atoms with van der Waals surface area (Å²) in [5.74, 6) is -0.614. The first-order chi connectivity index (χ1) is 17.8. The molecule has 1 saturated carbocycles. The van der Waals surface area contributed by atoms with Gasteiger partial charge in [-0.1, -0.05) is 12.2 Å². The summed E-state index contributed by atoms with van der Waals surface area (Å²) in [6, 6.07) is 10.5. The highest BCUT2D eigenvalue weighted by molar-refractivity contribution is 6.13. The molecule has 2 N–H and O–H groups in total. The fourth-order valence-electron chi connectivity index (χ4n) is 5.07. The quantitative estimate of drug-likeness (QED) is 0.350. The lowest BCUT2D eigenvalue weighted by atomic mass is 9.74. The molecule has 1 fully saturated rings. The van der Waals surface area contributed by atoms with Gasteiger partial charge >= 0.3 is 0 Å². The lowest BCUT2D eigenvalue weighted by Crippen LogP contribution is -2.37. The Balaban J connectivity index is 1.32. The van der Waals surface area contributed by atoms with Gasteiger partial charge in [-0.25, -0.2) is 10.9 Å². The normalized spacial score (nSPS) is 25.2. The van der Waals surface area contributed by atoms with E-state index in [0.717, 1.165) is 6.42 Å². The van der Waals surface area contributed by atoms with Gasteiger partial charge in [0, 0.05) is 47.2 Å². The molecule has 12 nitrogen and oxygen atoms in total. The zero-order valence-electron chi connectivity index (χ0n) is 19.2. The van der Waals surface area contributed by atoms with E-state index in [-0.39, 0.29) is 46.2 Å². The number of carbonyl (C=O) groups is 2. The Morgan fingerprint density at radius 3 is 1.43 bits per heavy atom. The number of hydrogen-bond donors (Lipinski definition) is 2. The molecular weight excluding hydrogens is 480 g/mol. The number of nitro benzene ring substituents is 2. The first kappa shape index (κ1) is 23.7. The number of nitro groups is 2. The van der Waals surface area contributed by atoms with Crippen LogP contribution in [0, 0.1) is 43.9 Å². The van der Waals surface area contributed by atoms with Crippen LogP contribution in [0.5, 0.6) is 0 Å². The number of hydrogen-bond acceptors (Lipinski definition) is 8. The van der Waals surface area contributed by atoms with Crippen molar-refractivity contribution >= 4 is 34.6 Å². The first-order valence-electron chi connectivity index (χ1n) is 11.4. The van der Waals surface area contributed by atoms with Crippen LogP contribution in [-0.2, 0) is 0 Å². The smallest absolute Gasteiger partial charge is 0.267 e. The van der Waals surface area contributed by atoms with E-state index in [0.29, 0.717) is 11.4 Å². The molecule has 2 aromatic rings. The van der Waals surface area contributed by atoms with Crippen LogP contribution in [0.4, 0.5) is 11.4 Å². The molecule has 0 aliphatic heterocycles. The Morgan fingerprint density at radius 1 is 0.703 bits per heavy atom. The molecule has 0 unspecified atom stereocenters. The van der Waals surface area contributed by atoms with Gasteiger partial charge in [-0.15, -0.1) is 0 Å². The van der Waals surface area contributed by atoms with Crippen LogP contribution in [0.2, 0.25) is 0 Å². The molecule has 3 aliphatic carbocycles. The van der Waals surface area contributed by atoms with Crippen molar-refractivity contribution in [2.24, 2.45) is 33.9 Å². The van der Waals surface area contributed by atoms with Crippen molar-refractivity contribution in [3.8, 4) is 0 Å². The number of non-ortho nitro benzene ring substituents is 2. The number of amides is 2. The van der Waals surface area contributed by atoms with Crippen LogP contribution in [0.3, 0.4) is 0 Å². The molecule has 5 rings (SSSR count). The molecule has 0 spiro atoms. The van der Waals surface area contributed by atoms with Gasteiger partial charge in [0.25, 0.3) is 23.2 Å². The van der Waals surface area contributed by atoms with E-state index in [1.807, 2.05) is 0 Å². The van der Waals surface area contributed by atoms with E-state index < -0.39 is 21.7 Å². The van der Waals surface area contributed by atoms with Crippen molar-refractivity contribution in [2.45, 2.75) is 6.42 Å². The van der Waals surface area contributed by atoms with Crippen molar-refractivity contribution in [2.75, 3.05) is 0 Å². The van der Waals surface area contributed by atoms with Crippen molar-refractivity contribution < 1.29 is 19.4 Å². The Bertz CT molecular complexity index is 1300. The summed E-state index contributed by atoms with van der Waals surface area (Å²) in [4.78, 5) is 45.6. The number of benzene rings is 2. The van der Waals surface area contributed by atoms with E-state index >= 15 is 0 Å². The van der Waals surface area contributed by atoms with Crippen LogP contribution in [0.25, 0.3) is 0 Å². The lowest BCUT2D eigenvalue weighted by Gasteiger charge is -2.31. The Labute approximate surface area is 209 Å². The van der Waals surface area contributed by atoms with Gasteiger partial charge < -0.3 is 0 Å². The lowest BCUT2D eigenvalue weighted by molar-refractivity contribution is -0.385. The summed E-state index contributed by atoms with van der Waals surface area (Å²) in [6.45, 7) is 0. The van der Waals surface area contributed by atoms with Crippen LogP contribution < -0.4 is 10.9 Å². The van der Waals surface area contributed by atoms with Crippen LogP contribution >= 0.6 is 0 Å². The first-order valence-corrected chi connectivity index (χ1v) is 11.4. The molecule has 0 radical (unpaired) electrons. The number of nitrogens with zero attached hydrogens (tertiary/aromatic N) is 4. The van der Waals surface area contributed by atoms with E-state index in [1.54, 1.807) is 12.2 Å². The number of rotatable bonds is 6. The fraction of sp³-hybridized carbons (Fsp3) is 0.200. The van der Waals surface area contributed by atoms with Crippen LogP contribution in [-0.4, -0.2) is 33.1 Å². The van der Waals surface area contributed by atoms with Gasteiger partial charge in [0.15, 0.2) is 0 Å². The molecule has 186 valence electrons. The Kier molecular flexibility index (Phi) is 6.14. The van der Waals surface area contributed by atoms with E-state index in [4.69, 9.17) is 0 Å². The second-order valence-corrected chi connectivity index (χ2v) is 8.90. The van der Waals surface area contributed by atoms with Crippen LogP contribution in [0.15, 0.2) is 83.0 Å². The number of fused-ring (bicyclic) bond motifs is 5. The van der Waals surface area contributed by atoms with Gasteiger partial charge in [0.1, 0.15) is 0 Å². The average molecular weight is 500 g/mol. The predicted octanol–water partition coefficient (Wildman–Crippen LogP) is 3.38. The van der Waals surface area contributed by atoms with Gasteiger partial charge in [-0.2, -0.15) is 10.2 Å². The van der Waals surface area contributed by atoms with Crippen molar-refractivity contribution in [3.05, 3.63) is 104 Å². The molecule has 12 heteroatoms. The third kappa shape index (κ3) is 4.63. The standard InChI is InChI=1S/C25H20N6O6/c32-24(14-3-7-18(8-4-14)30(34)35)28-26-20-11-12-21(23-17-2-1-16(13-17)22(20)23)27-29-25(33)15-5-9-19(10-6-15)31(36)37/h1-12,16-17,22-23H,13H2,(H,28,32)(H,29,33)/b26-20-,27-21-/t16-,17-,22-,23-/m0/s1. The van der Waals surface area contributed by atoms with E-state index in [9.17, 15) is 29.8 Å². The summed E-state index contributed by atoms with van der Waals surface area (Å²) >= 11 is 0. The highest BCUT2D eigenvalue weighted by Crippen LogP contribution is 2.50. The molecule has 0 heterocycles. The maximum Gasteiger partial charge on any atom is 0.271 e. The second-order valence-electron chi connectivity index (χ2n) is 8.90. The zero-order chi connectivity index (χ0) is 26.1. The van der Waals surface area contributed by atoms with E-state index in [1.165, 1.54) is 48.5 Å². The third-order valence-electron chi connectivity index (χ3n) is 6.82. The van der Waals surface area contributed by atoms with Gasteiger partial charge in [-0.05, 0) is 54.7 Å². The summed E-state index contributed by atoms with van der Waals surface area (Å²) in [5.41, 5.74) is 6.70. The number of hydrazone groups is 2. The highest BCUT2D eigenvalue weighted by atomic mass is 16.6. The largest absolute Gasteiger partial charge is 0.271 e. The molecule has 3 aliphatic rings. The SMILES string of the molecule is O=C(N/N=C1C=C/C(=N/NC(=O)c2ccc([N+](=O)[O-])cc2)[C@H]2[C@H]/1[C@H]1C=C[C@H]2C1)c1ccc([N+](=O)[O-])cc1. The minimum absolute atomic E-state index is 0.0350. The summed E-state index contributed by atoms with van der Waals surface area (Å²) < 4.78 is 0. The number of allylic oxidation sites excluding steroid dienone is 4. The minimum Gasteiger partial charge on any atom is -0.267 e. The Morgan fingerprint density at radius 2 is 1.08 bits per heavy atom.